The lowest BCUT2D eigenvalue weighted by Crippen LogP contribution is -2.30. The van der Waals surface area contributed by atoms with E-state index in [-0.39, 0.29) is 29.7 Å². The summed E-state index contributed by atoms with van der Waals surface area (Å²) < 4.78 is 31.7. The van der Waals surface area contributed by atoms with Gasteiger partial charge in [0.05, 0.1) is 17.4 Å². The van der Waals surface area contributed by atoms with E-state index in [0.717, 1.165) is 12.8 Å². The molecule has 1 aromatic carbocycles. The second kappa shape index (κ2) is 9.32. The Kier molecular flexibility index (Phi) is 7.38. The van der Waals surface area contributed by atoms with Crippen LogP contribution in [0.4, 0.5) is 5.69 Å². The van der Waals surface area contributed by atoms with Gasteiger partial charge in [-0.15, -0.1) is 0 Å². The molecule has 0 bridgehead atoms. The lowest BCUT2D eigenvalue weighted by molar-refractivity contribution is -0.148. The number of esters is 1. The Morgan fingerprint density at radius 1 is 1.19 bits per heavy atom. The van der Waals surface area contributed by atoms with Crippen LogP contribution in [0.2, 0.25) is 0 Å². The second-order valence-corrected chi connectivity index (χ2v) is 8.45. The van der Waals surface area contributed by atoms with Crippen molar-refractivity contribution < 1.29 is 22.7 Å². The van der Waals surface area contributed by atoms with Gasteiger partial charge in [0.25, 0.3) is 0 Å². The third-order valence-electron chi connectivity index (χ3n) is 4.69. The van der Waals surface area contributed by atoms with Crippen molar-refractivity contribution in [1.82, 2.24) is 4.31 Å². The number of benzene rings is 1. The molecule has 1 saturated heterocycles. The van der Waals surface area contributed by atoms with Crippen molar-refractivity contribution in [1.29, 1.82) is 0 Å². The maximum Gasteiger partial charge on any atom is 0.311 e. The van der Waals surface area contributed by atoms with Gasteiger partial charge >= 0.3 is 5.97 Å². The van der Waals surface area contributed by atoms with Crippen molar-refractivity contribution in [3.8, 4) is 0 Å². The van der Waals surface area contributed by atoms with Gasteiger partial charge in [-0.2, -0.15) is 4.31 Å². The minimum absolute atomic E-state index is 0.116. The molecule has 0 radical (unpaired) electrons. The van der Waals surface area contributed by atoms with Gasteiger partial charge in [0.15, 0.2) is 0 Å². The molecule has 2 rings (SSSR count). The fraction of sp³-hybridized carbons (Fsp3) is 0.579. The number of anilines is 1. The summed E-state index contributed by atoms with van der Waals surface area (Å²) in [4.78, 5) is 26.1. The van der Waals surface area contributed by atoms with E-state index in [9.17, 15) is 18.0 Å². The standard InChI is InChI=1S/C19H28N2O5S/c1-4-7-12-26-19(23)15-13-18(22)21(14-15)16-8-10-17(11-9-16)27(24,25)20(5-2)6-3/h8-11,15H,4-7,12-14H2,1-3H3. The second-order valence-electron chi connectivity index (χ2n) is 6.51. The summed E-state index contributed by atoms with van der Waals surface area (Å²) in [6, 6.07) is 6.23. The Morgan fingerprint density at radius 2 is 1.81 bits per heavy atom. The number of ether oxygens (including phenoxy) is 1. The van der Waals surface area contributed by atoms with Gasteiger partial charge in [-0.1, -0.05) is 27.2 Å². The largest absolute Gasteiger partial charge is 0.465 e. The highest BCUT2D eigenvalue weighted by molar-refractivity contribution is 7.89. The molecule has 1 unspecified atom stereocenters. The average molecular weight is 397 g/mol. The van der Waals surface area contributed by atoms with Gasteiger partial charge in [0.1, 0.15) is 0 Å². The maximum absolute atomic E-state index is 12.5. The minimum atomic E-state index is -3.54. The molecule has 8 heteroatoms. The van der Waals surface area contributed by atoms with E-state index in [4.69, 9.17) is 4.74 Å². The summed E-state index contributed by atoms with van der Waals surface area (Å²) in [6.07, 6.45) is 1.86. The van der Waals surface area contributed by atoms with Crippen molar-refractivity contribution >= 4 is 27.6 Å². The molecule has 27 heavy (non-hydrogen) atoms. The van der Waals surface area contributed by atoms with Crippen LogP contribution in [-0.4, -0.2) is 50.8 Å². The highest BCUT2D eigenvalue weighted by Crippen LogP contribution is 2.27. The summed E-state index contributed by atoms with van der Waals surface area (Å²) in [7, 11) is -3.54. The first-order valence-electron chi connectivity index (χ1n) is 9.42. The van der Waals surface area contributed by atoms with Crippen molar-refractivity contribution in [2.24, 2.45) is 5.92 Å². The van der Waals surface area contributed by atoms with Gasteiger partial charge in [-0.3, -0.25) is 9.59 Å². The lowest BCUT2D eigenvalue weighted by atomic mass is 10.1. The average Bonchev–Trinajstić information content (AvgIpc) is 3.04. The van der Waals surface area contributed by atoms with E-state index in [0.29, 0.717) is 25.4 Å². The quantitative estimate of drug-likeness (QED) is 0.473. The molecular weight excluding hydrogens is 368 g/mol. The normalized spacial score (nSPS) is 17.6. The monoisotopic (exact) mass is 396 g/mol. The molecule has 1 aliphatic heterocycles. The molecule has 0 N–H and O–H groups in total. The molecule has 0 spiro atoms. The highest BCUT2D eigenvalue weighted by Gasteiger charge is 2.36. The number of carbonyl (C=O) groups is 2. The van der Waals surface area contributed by atoms with Gasteiger partial charge in [0, 0.05) is 31.7 Å². The fourth-order valence-electron chi connectivity index (χ4n) is 3.06. The molecule has 1 amide bonds. The van der Waals surface area contributed by atoms with Gasteiger partial charge in [-0.05, 0) is 30.7 Å². The lowest BCUT2D eigenvalue weighted by Gasteiger charge is -2.20. The Balaban J connectivity index is 2.09. The van der Waals surface area contributed by atoms with Crippen LogP contribution in [0.1, 0.15) is 40.0 Å². The number of carbonyl (C=O) groups excluding carboxylic acids is 2. The zero-order valence-electron chi connectivity index (χ0n) is 16.2. The Morgan fingerprint density at radius 3 is 2.37 bits per heavy atom. The van der Waals surface area contributed by atoms with Crippen LogP contribution in [0.25, 0.3) is 0 Å². The van der Waals surface area contributed by atoms with Crippen LogP contribution in [0.15, 0.2) is 29.2 Å². The topological polar surface area (TPSA) is 84.0 Å². The number of hydrogen-bond acceptors (Lipinski definition) is 5. The number of amides is 1. The molecule has 1 aromatic rings. The van der Waals surface area contributed by atoms with Crippen molar-refractivity contribution in [3.05, 3.63) is 24.3 Å². The molecule has 1 fully saturated rings. The van der Waals surface area contributed by atoms with Crippen LogP contribution in [0.3, 0.4) is 0 Å². The molecule has 0 aliphatic carbocycles. The number of hydrogen-bond donors (Lipinski definition) is 0. The Bertz CT molecular complexity index is 757. The van der Waals surface area contributed by atoms with Gasteiger partial charge in [0.2, 0.25) is 15.9 Å². The van der Waals surface area contributed by atoms with E-state index in [1.165, 1.54) is 21.3 Å². The van der Waals surface area contributed by atoms with E-state index in [2.05, 4.69) is 0 Å². The number of nitrogens with zero attached hydrogens (tertiary/aromatic N) is 2. The zero-order valence-corrected chi connectivity index (χ0v) is 17.0. The molecular formula is C19H28N2O5S. The third kappa shape index (κ3) is 4.87. The number of sulfonamides is 1. The van der Waals surface area contributed by atoms with Crippen LogP contribution in [0.5, 0.6) is 0 Å². The minimum Gasteiger partial charge on any atom is -0.465 e. The van der Waals surface area contributed by atoms with Crippen molar-refractivity contribution in [2.45, 2.75) is 44.9 Å². The summed E-state index contributed by atoms with van der Waals surface area (Å²) in [5.74, 6) is -0.986. The molecule has 0 saturated carbocycles. The van der Waals surface area contributed by atoms with E-state index >= 15 is 0 Å². The number of rotatable bonds is 9. The summed E-state index contributed by atoms with van der Waals surface area (Å²) in [6.45, 7) is 7.01. The van der Waals surface area contributed by atoms with Gasteiger partial charge in [-0.25, -0.2) is 8.42 Å². The molecule has 1 heterocycles. The Labute approximate surface area is 161 Å². The molecule has 0 aromatic heterocycles. The molecule has 7 nitrogen and oxygen atoms in total. The molecule has 1 atom stereocenters. The summed E-state index contributed by atoms with van der Waals surface area (Å²) >= 11 is 0. The smallest absolute Gasteiger partial charge is 0.311 e. The molecule has 150 valence electrons. The predicted octanol–water partition coefficient (Wildman–Crippen LogP) is 2.41. The molecule has 1 aliphatic rings. The third-order valence-corrected chi connectivity index (χ3v) is 6.76. The van der Waals surface area contributed by atoms with E-state index < -0.39 is 15.9 Å². The summed E-state index contributed by atoms with van der Waals surface area (Å²) in [5.41, 5.74) is 0.586. The van der Waals surface area contributed by atoms with Crippen LogP contribution < -0.4 is 4.90 Å². The first kappa shape index (κ1) is 21.4. The number of unbranched alkanes of at least 4 members (excludes halogenated alkanes) is 1. The Hall–Kier alpha value is -1.93. The van der Waals surface area contributed by atoms with Crippen LogP contribution in [-0.2, 0) is 24.3 Å². The SMILES string of the molecule is CCCCOC(=O)C1CC(=O)N(c2ccc(S(=O)(=O)N(CC)CC)cc2)C1. The highest BCUT2D eigenvalue weighted by atomic mass is 32.2. The first-order valence-corrected chi connectivity index (χ1v) is 10.9. The first-order chi connectivity index (χ1) is 12.8. The predicted molar refractivity (Wildman–Crippen MR) is 103 cm³/mol. The maximum atomic E-state index is 12.5. The van der Waals surface area contributed by atoms with E-state index in [1.54, 1.807) is 26.0 Å². The van der Waals surface area contributed by atoms with Gasteiger partial charge < -0.3 is 9.64 Å². The van der Waals surface area contributed by atoms with E-state index in [1.807, 2.05) is 6.92 Å². The van der Waals surface area contributed by atoms with Crippen LogP contribution >= 0.6 is 0 Å². The zero-order chi connectivity index (χ0) is 20.0. The summed E-state index contributed by atoms with van der Waals surface area (Å²) in [5, 5.41) is 0. The van der Waals surface area contributed by atoms with Crippen molar-refractivity contribution in [2.75, 3.05) is 31.1 Å². The van der Waals surface area contributed by atoms with Crippen molar-refractivity contribution in [3.63, 3.8) is 0 Å². The fourth-order valence-corrected chi connectivity index (χ4v) is 4.52. The van der Waals surface area contributed by atoms with Crippen LogP contribution in [0, 0.1) is 5.92 Å².